The molecule has 4 atom stereocenters. The number of imidazole rings is 2. The Morgan fingerprint density at radius 1 is 0.697 bits per heavy atom. The predicted molar refractivity (Wildman–Crippen MR) is 249 cm³/mol. The molecule has 15 heteroatoms. The Kier molecular flexibility index (Phi) is 12.0. The molecule has 4 aromatic carbocycles. The average molecular weight is 890 g/mol. The number of H-pyrrole nitrogens is 2. The number of hydrogen-bond acceptors (Lipinski definition) is 9. The lowest BCUT2D eigenvalue weighted by molar-refractivity contribution is -0.136. The number of carbonyl (C=O) groups is 4. The number of benzene rings is 4. The lowest BCUT2D eigenvalue weighted by Crippen LogP contribution is -2.54. The zero-order chi connectivity index (χ0) is 45.3. The second-order valence-electron chi connectivity index (χ2n) is 17.8. The standard InChI is InChI=1S/C51H55N9O6/c1-65-50(63)57-43(30-8-4-3-5-9-30)48(61)59-24-6-10-41(59)46-53-29-40(55-46)37-15-14-33-26-32(12-13-34(33)28-37)35-16-18-38-36(27-35)17-19-39-45(38)56-47(54-39)42-11-7-25-60(42)49(62)44(58-51(64)66-2)31-20-22-52-23-21-31/h3-5,8-9,12-16,18,26-29,31,41-44,52H,6-7,10-11,17,19-25H2,1-2H3,(H,53,55)(H,54,56)(H,57,63)(H,58,64)/t41-,42-,43+,44-/m0/s1. The van der Waals surface area contributed by atoms with E-state index in [1.54, 1.807) is 4.90 Å². The molecule has 3 saturated heterocycles. The summed E-state index contributed by atoms with van der Waals surface area (Å²) < 4.78 is 9.78. The number of nitrogens with zero attached hydrogens (tertiary/aromatic N) is 4. The Morgan fingerprint density at radius 3 is 2.09 bits per heavy atom. The largest absolute Gasteiger partial charge is 0.453 e. The Bertz CT molecular complexity index is 2780. The van der Waals surface area contributed by atoms with Crippen molar-refractivity contribution in [2.24, 2.45) is 5.92 Å². The molecule has 0 unspecified atom stereocenters. The van der Waals surface area contributed by atoms with Gasteiger partial charge in [0.25, 0.3) is 5.91 Å². The van der Waals surface area contributed by atoms with Gasteiger partial charge < -0.3 is 45.2 Å². The van der Waals surface area contributed by atoms with E-state index in [4.69, 9.17) is 19.4 Å². The minimum Gasteiger partial charge on any atom is -0.453 e. The third-order valence-corrected chi connectivity index (χ3v) is 14.0. The number of alkyl carbamates (subject to hydrolysis) is 2. The molecule has 3 fully saturated rings. The number of aromatic amines is 2. The van der Waals surface area contributed by atoms with E-state index in [-0.39, 0.29) is 29.8 Å². The van der Waals surface area contributed by atoms with E-state index in [0.717, 1.165) is 120 Å². The van der Waals surface area contributed by atoms with Crippen LogP contribution in [0.2, 0.25) is 0 Å². The van der Waals surface area contributed by atoms with Crippen LogP contribution in [0, 0.1) is 5.92 Å². The zero-order valence-electron chi connectivity index (χ0n) is 37.3. The Hall–Kier alpha value is -7.00. The van der Waals surface area contributed by atoms with Crippen molar-refractivity contribution in [1.82, 2.24) is 45.7 Å². The Labute approximate surface area is 383 Å². The number of likely N-dealkylation sites (tertiary alicyclic amines) is 2. The van der Waals surface area contributed by atoms with Gasteiger partial charge in [0.1, 0.15) is 23.7 Å². The topological polar surface area (TPSA) is 187 Å². The van der Waals surface area contributed by atoms with Crippen LogP contribution in [0.1, 0.15) is 85.1 Å². The first kappa shape index (κ1) is 42.9. The molecule has 6 aromatic rings. The number of nitrogens with one attached hydrogen (secondary N) is 5. The van der Waals surface area contributed by atoms with Gasteiger partial charge in [-0.3, -0.25) is 9.59 Å². The number of rotatable bonds is 10. The second kappa shape index (κ2) is 18.5. The van der Waals surface area contributed by atoms with E-state index in [1.807, 2.05) is 41.4 Å². The SMILES string of the molecule is COC(=O)N[C@H](C(=O)N1CCC[C@H]1c1nc2c([nH]1)CCc1cc(-c3ccc4cc(-c5cnc([C@@H]6CCCN6C(=O)[C@H](NC(=O)OC)c6ccccc6)[nH]5)ccc4c3)ccc1-2)C1CCNCC1. The highest BCUT2D eigenvalue weighted by atomic mass is 16.5. The summed E-state index contributed by atoms with van der Waals surface area (Å²) in [6.45, 7) is 2.80. The van der Waals surface area contributed by atoms with Gasteiger partial charge in [-0.25, -0.2) is 19.6 Å². The van der Waals surface area contributed by atoms with Crippen LogP contribution in [-0.2, 0) is 31.9 Å². The predicted octanol–water partition coefficient (Wildman–Crippen LogP) is 7.53. The van der Waals surface area contributed by atoms with Crippen LogP contribution in [0.15, 0.2) is 91.1 Å². The van der Waals surface area contributed by atoms with Crippen LogP contribution in [-0.4, -0.2) is 100 Å². The quantitative estimate of drug-likeness (QED) is 0.0927. The number of piperidine rings is 1. The van der Waals surface area contributed by atoms with Crippen molar-refractivity contribution >= 4 is 34.8 Å². The van der Waals surface area contributed by atoms with Crippen molar-refractivity contribution in [2.45, 2.75) is 75.5 Å². The van der Waals surface area contributed by atoms with E-state index in [2.05, 4.69) is 80.5 Å². The molecule has 5 heterocycles. The molecule has 0 radical (unpaired) electrons. The first-order chi connectivity index (χ1) is 32.3. The summed E-state index contributed by atoms with van der Waals surface area (Å²) in [4.78, 5) is 73.7. The number of amides is 4. The van der Waals surface area contributed by atoms with E-state index in [1.165, 1.54) is 19.8 Å². The highest BCUT2D eigenvalue weighted by Gasteiger charge is 2.41. The fraction of sp³-hybridized carbons (Fsp3) is 0.373. The van der Waals surface area contributed by atoms with Gasteiger partial charge in [0.2, 0.25) is 5.91 Å². The number of aromatic nitrogens is 4. The Balaban J connectivity index is 0.841. The monoisotopic (exact) mass is 889 g/mol. The molecule has 1 aliphatic carbocycles. The minimum atomic E-state index is -0.881. The minimum absolute atomic E-state index is 0.0379. The van der Waals surface area contributed by atoms with Crippen molar-refractivity contribution in [1.29, 1.82) is 0 Å². The van der Waals surface area contributed by atoms with Crippen LogP contribution in [0.3, 0.4) is 0 Å². The number of methoxy groups -OCH3 is 2. The maximum absolute atomic E-state index is 14.2. The van der Waals surface area contributed by atoms with E-state index >= 15 is 0 Å². The van der Waals surface area contributed by atoms with Gasteiger partial charge in [-0.05, 0) is 116 Å². The van der Waals surface area contributed by atoms with Crippen LogP contribution in [0.25, 0.3) is 44.4 Å². The molecule has 340 valence electrons. The molecule has 0 bridgehead atoms. The number of ether oxygens (including phenoxy) is 2. The van der Waals surface area contributed by atoms with Gasteiger partial charge in [-0.2, -0.15) is 0 Å². The number of carbonyl (C=O) groups excluding carboxylic acids is 4. The molecule has 10 rings (SSSR count). The van der Waals surface area contributed by atoms with Crippen molar-refractivity contribution in [3.63, 3.8) is 0 Å². The molecule has 2 aromatic heterocycles. The zero-order valence-corrected chi connectivity index (χ0v) is 37.3. The van der Waals surface area contributed by atoms with Crippen molar-refractivity contribution in [2.75, 3.05) is 40.4 Å². The summed E-state index contributed by atoms with van der Waals surface area (Å²) in [7, 11) is 2.62. The molecule has 66 heavy (non-hydrogen) atoms. The molecule has 3 aliphatic heterocycles. The summed E-state index contributed by atoms with van der Waals surface area (Å²) >= 11 is 0. The number of fused-ring (bicyclic) bond motifs is 4. The first-order valence-corrected chi connectivity index (χ1v) is 23.1. The van der Waals surface area contributed by atoms with E-state index < -0.39 is 24.3 Å². The van der Waals surface area contributed by atoms with Gasteiger partial charge in [0.05, 0.1) is 43.9 Å². The van der Waals surface area contributed by atoms with Gasteiger partial charge in [0, 0.05) is 29.9 Å². The normalized spacial score (nSPS) is 19.2. The third kappa shape index (κ3) is 8.39. The third-order valence-electron chi connectivity index (χ3n) is 14.0. The van der Waals surface area contributed by atoms with E-state index in [9.17, 15) is 19.2 Å². The first-order valence-electron chi connectivity index (χ1n) is 23.1. The Morgan fingerprint density at radius 2 is 1.35 bits per heavy atom. The maximum atomic E-state index is 14.2. The van der Waals surface area contributed by atoms with Crippen LogP contribution in [0.5, 0.6) is 0 Å². The lowest BCUT2D eigenvalue weighted by atomic mass is 9.89. The molecule has 4 aliphatic rings. The summed E-state index contributed by atoms with van der Waals surface area (Å²) in [5.74, 6) is 1.28. The molecular weight excluding hydrogens is 835 g/mol. The summed E-state index contributed by atoms with van der Waals surface area (Å²) in [6.07, 6.45) is 7.15. The number of hydrogen-bond donors (Lipinski definition) is 5. The van der Waals surface area contributed by atoms with Gasteiger partial charge in [-0.15, -0.1) is 0 Å². The molecule has 15 nitrogen and oxygen atoms in total. The second-order valence-corrected chi connectivity index (χ2v) is 17.8. The van der Waals surface area contributed by atoms with Crippen LogP contribution in [0.4, 0.5) is 9.59 Å². The van der Waals surface area contributed by atoms with Crippen molar-refractivity contribution in [3.8, 4) is 33.6 Å². The molecule has 5 N–H and O–H groups in total. The van der Waals surface area contributed by atoms with Crippen molar-refractivity contribution in [3.05, 3.63) is 120 Å². The van der Waals surface area contributed by atoms with Crippen molar-refractivity contribution < 1.29 is 28.7 Å². The lowest BCUT2D eigenvalue weighted by Gasteiger charge is -2.34. The van der Waals surface area contributed by atoms with Gasteiger partial charge in [-0.1, -0.05) is 72.8 Å². The number of aryl methyl sites for hydroxylation is 2. The van der Waals surface area contributed by atoms with Gasteiger partial charge in [0.15, 0.2) is 0 Å². The molecule has 0 saturated carbocycles. The van der Waals surface area contributed by atoms with Crippen LogP contribution >= 0.6 is 0 Å². The van der Waals surface area contributed by atoms with Gasteiger partial charge >= 0.3 is 12.2 Å². The highest BCUT2D eigenvalue weighted by Crippen LogP contribution is 2.40. The molecule has 4 amide bonds. The summed E-state index contributed by atoms with van der Waals surface area (Å²) in [5, 5.41) is 11.2. The fourth-order valence-electron chi connectivity index (χ4n) is 10.5. The molecular formula is C51H55N9O6. The average Bonchev–Trinajstić information content (AvgIpc) is 4.21. The van der Waals surface area contributed by atoms with E-state index in [0.29, 0.717) is 24.5 Å². The van der Waals surface area contributed by atoms with Crippen LogP contribution < -0.4 is 16.0 Å². The fourth-order valence-corrected chi connectivity index (χ4v) is 10.5. The summed E-state index contributed by atoms with van der Waals surface area (Å²) in [5.41, 5.74) is 9.21. The highest BCUT2D eigenvalue weighted by molar-refractivity contribution is 5.91. The smallest absolute Gasteiger partial charge is 0.407 e. The summed E-state index contributed by atoms with van der Waals surface area (Å²) in [6, 6.07) is 26.8. The molecule has 0 spiro atoms. The maximum Gasteiger partial charge on any atom is 0.407 e.